The van der Waals surface area contributed by atoms with Crippen LogP contribution in [0.4, 0.5) is 0 Å². The van der Waals surface area contributed by atoms with Crippen LogP contribution in [-0.4, -0.2) is 58.8 Å². The predicted molar refractivity (Wildman–Crippen MR) is 81.9 cm³/mol. The van der Waals surface area contributed by atoms with Gasteiger partial charge in [0.05, 0.1) is 24.8 Å². The van der Waals surface area contributed by atoms with Gasteiger partial charge in [-0.1, -0.05) is 17.7 Å². The maximum absolute atomic E-state index is 12.1. The second-order valence-corrected chi connectivity index (χ2v) is 6.88. The smallest absolute Gasteiger partial charge is 0.242 e. The lowest BCUT2D eigenvalue weighted by atomic mass is 10.2. The molecule has 0 aliphatic carbocycles. The minimum atomic E-state index is -3.71. The molecule has 0 unspecified atom stereocenters. The van der Waals surface area contributed by atoms with Crippen molar-refractivity contribution in [2.75, 3.05) is 40.4 Å². The molecule has 0 fully saturated rings. The second kappa shape index (κ2) is 8.67. The van der Waals surface area contributed by atoms with Crippen molar-refractivity contribution in [3.8, 4) is 0 Å². The van der Waals surface area contributed by atoms with E-state index in [4.69, 9.17) is 21.4 Å². The molecule has 0 aromatic heterocycles. The number of halogens is 1. The van der Waals surface area contributed by atoms with Crippen LogP contribution >= 0.6 is 11.6 Å². The number of aliphatic hydroxyl groups is 1. The van der Waals surface area contributed by atoms with Gasteiger partial charge in [-0.3, -0.25) is 0 Å². The summed E-state index contributed by atoms with van der Waals surface area (Å²) in [7, 11) is 0.155. The molecule has 1 rings (SSSR count). The molecular formula is C13H21ClN2O4S. The van der Waals surface area contributed by atoms with E-state index in [0.717, 1.165) is 6.54 Å². The highest BCUT2D eigenvalue weighted by Gasteiger charge is 2.17. The summed E-state index contributed by atoms with van der Waals surface area (Å²) in [6.45, 7) is 1.51. The quantitative estimate of drug-likeness (QED) is 0.649. The maximum Gasteiger partial charge on any atom is 0.242 e. The van der Waals surface area contributed by atoms with Gasteiger partial charge < -0.3 is 14.7 Å². The Bertz CT molecular complexity index is 549. The molecule has 8 heteroatoms. The van der Waals surface area contributed by atoms with Crippen LogP contribution in [0, 0.1) is 0 Å². The van der Waals surface area contributed by atoms with Crippen molar-refractivity contribution in [2.24, 2.45) is 0 Å². The highest BCUT2D eigenvalue weighted by molar-refractivity contribution is 7.89. The van der Waals surface area contributed by atoms with Gasteiger partial charge >= 0.3 is 0 Å². The van der Waals surface area contributed by atoms with Crippen LogP contribution in [0.15, 0.2) is 23.1 Å². The molecule has 0 aliphatic heterocycles. The Labute approximate surface area is 130 Å². The van der Waals surface area contributed by atoms with E-state index in [-0.39, 0.29) is 29.7 Å². The van der Waals surface area contributed by atoms with Crippen molar-refractivity contribution in [1.82, 2.24) is 9.62 Å². The molecular weight excluding hydrogens is 316 g/mol. The number of nitrogens with zero attached hydrogens (tertiary/aromatic N) is 1. The van der Waals surface area contributed by atoms with Gasteiger partial charge in [-0.15, -0.1) is 0 Å². The van der Waals surface area contributed by atoms with Crippen molar-refractivity contribution in [3.63, 3.8) is 0 Å². The summed E-state index contributed by atoms with van der Waals surface area (Å²) in [5, 5.41) is 9.17. The zero-order valence-electron chi connectivity index (χ0n) is 12.2. The Morgan fingerprint density at radius 2 is 2.05 bits per heavy atom. The molecule has 0 amide bonds. The summed E-state index contributed by atoms with van der Waals surface area (Å²) < 4.78 is 32.0. The van der Waals surface area contributed by atoms with Crippen LogP contribution in [-0.2, 0) is 21.4 Å². The van der Waals surface area contributed by atoms with Crippen molar-refractivity contribution in [3.05, 3.63) is 28.8 Å². The molecule has 1 aromatic rings. The Morgan fingerprint density at radius 1 is 1.33 bits per heavy atom. The number of sulfonamides is 1. The standard InChI is InChI=1S/C13H21ClN2O4S/c1-16(2)6-8-20-7-5-15-21(18,19)13-9-11(10-17)3-4-12(13)14/h3-4,9,15,17H,5-8,10H2,1-2H3. The zero-order valence-corrected chi connectivity index (χ0v) is 13.7. The van der Waals surface area contributed by atoms with Gasteiger partial charge in [0, 0.05) is 13.1 Å². The van der Waals surface area contributed by atoms with E-state index >= 15 is 0 Å². The van der Waals surface area contributed by atoms with Gasteiger partial charge in [-0.25, -0.2) is 13.1 Å². The monoisotopic (exact) mass is 336 g/mol. The van der Waals surface area contributed by atoms with E-state index < -0.39 is 10.0 Å². The lowest BCUT2D eigenvalue weighted by Crippen LogP contribution is -2.28. The van der Waals surface area contributed by atoms with E-state index in [1.54, 1.807) is 6.07 Å². The lowest BCUT2D eigenvalue weighted by molar-refractivity contribution is 0.122. The molecule has 0 aliphatic rings. The highest BCUT2D eigenvalue weighted by atomic mass is 35.5. The molecule has 120 valence electrons. The first-order chi connectivity index (χ1) is 9.86. The average Bonchev–Trinajstić information content (AvgIpc) is 2.42. The van der Waals surface area contributed by atoms with E-state index in [2.05, 4.69) is 4.72 Å². The summed E-state index contributed by atoms with van der Waals surface area (Å²) >= 11 is 5.90. The molecule has 0 atom stereocenters. The third-order valence-corrected chi connectivity index (χ3v) is 4.63. The molecule has 0 radical (unpaired) electrons. The minimum absolute atomic E-state index is 0.0380. The van der Waals surface area contributed by atoms with Crippen LogP contribution < -0.4 is 4.72 Å². The van der Waals surface area contributed by atoms with E-state index in [9.17, 15) is 8.42 Å². The Kier molecular flexibility index (Phi) is 7.58. The second-order valence-electron chi connectivity index (χ2n) is 4.74. The Hall–Kier alpha value is -0.700. The lowest BCUT2D eigenvalue weighted by Gasteiger charge is -2.11. The fourth-order valence-corrected chi connectivity index (χ4v) is 3.09. The fraction of sp³-hybridized carbons (Fsp3) is 0.538. The number of benzene rings is 1. The van der Waals surface area contributed by atoms with Crippen molar-refractivity contribution in [1.29, 1.82) is 0 Å². The van der Waals surface area contributed by atoms with E-state index in [1.807, 2.05) is 19.0 Å². The van der Waals surface area contributed by atoms with Crippen LogP contribution in [0.1, 0.15) is 5.56 Å². The summed E-state index contributed by atoms with van der Waals surface area (Å²) in [6, 6.07) is 4.39. The normalized spacial score (nSPS) is 12.0. The molecule has 0 heterocycles. The summed E-state index contributed by atoms with van der Waals surface area (Å²) in [5.74, 6) is 0. The molecule has 0 saturated heterocycles. The number of ether oxygens (including phenoxy) is 1. The van der Waals surface area contributed by atoms with Gasteiger partial charge in [0.2, 0.25) is 10.0 Å². The molecule has 0 bridgehead atoms. The molecule has 1 aromatic carbocycles. The van der Waals surface area contributed by atoms with Gasteiger partial charge in [0.15, 0.2) is 0 Å². The fourth-order valence-electron chi connectivity index (χ4n) is 1.53. The number of aliphatic hydroxyl groups excluding tert-OH is 1. The summed E-state index contributed by atoms with van der Waals surface area (Å²) in [5.41, 5.74) is 0.488. The number of nitrogens with one attached hydrogen (secondary N) is 1. The van der Waals surface area contributed by atoms with Gasteiger partial charge in [0.1, 0.15) is 4.90 Å². The van der Waals surface area contributed by atoms with Crippen LogP contribution in [0.3, 0.4) is 0 Å². The van der Waals surface area contributed by atoms with Gasteiger partial charge in [-0.05, 0) is 31.8 Å². The zero-order chi connectivity index (χ0) is 15.9. The molecule has 0 spiro atoms. The maximum atomic E-state index is 12.1. The van der Waals surface area contributed by atoms with Crippen LogP contribution in [0.2, 0.25) is 5.02 Å². The number of hydrogen-bond acceptors (Lipinski definition) is 5. The average molecular weight is 337 g/mol. The largest absolute Gasteiger partial charge is 0.392 e. The van der Waals surface area contributed by atoms with Gasteiger partial charge in [-0.2, -0.15) is 0 Å². The molecule has 21 heavy (non-hydrogen) atoms. The first-order valence-electron chi connectivity index (χ1n) is 6.48. The number of likely N-dealkylation sites (N-methyl/N-ethyl adjacent to an activating group) is 1. The van der Waals surface area contributed by atoms with Crippen molar-refractivity contribution >= 4 is 21.6 Å². The number of hydrogen-bond donors (Lipinski definition) is 2. The molecule has 2 N–H and O–H groups in total. The van der Waals surface area contributed by atoms with E-state index in [1.165, 1.54) is 12.1 Å². The first-order valence-corrected chi connectivity index (χ1v) is 8.34. The third kappa shape index (κ3) is 6.29. The van der Waals surface area contributed by atoms with E-state index in [0.29, 0.717) is 12.2 Å². The Balaban J connectivity index is 2.54. The SMILES string of the molecule is CN(C)CCOCCNS(=O)(=O)c1cc(CO)ccc1Cl. The highest BCUT2D eigenvalue weighted by Crippen LogP contribution is 2.22. The Morgan fingerprint density at radius 3 is 2.67 bits per heavy atom. The van der Waals surface area contributed by atoms with Crippen molar-refractivity contribution in [2.45, 2.75) is 11.5 Å². The van der Waals surface area contributed by atoms with Crippen LogP contribution in [0.25, 0.3) is 0 Å². The summed E-state index contributed by atoms with van der Waals surface area (Å²) in [4.78, 5) is 1.94. The van der Waals surface area contributed by atoms with Crippen LogP contribution in [0.5, 0.6) is 0 Å². The topological polar surface area (TPSA) is 78.9 Å². The third-order valence-electron chi connectivity index (χ3n) is 2.69. The molecule has 6 nitrogen and oxygen atoms in total. The molecule has 0 saturated carbocycles. The predicted octanol–water partition coefficient (Wildman–Crippen LogP) is 0.689. The van der Waals surface area contributed by atoms with Crippen molar-refractivity contribution < 1.29 is 18.3 Å². The first kappa shape index (κ1) is 18.3. The number of rotatable bonds is 9. The summed E-state index contributed by atoms with van der Waals surface area (Å²) in [6.07, 6.45) is 0. The minimum Gasteiger partial charge on any atom is -0.392 e. The van der Waals surface area contributed by atoms with Gasteiger partial charge in [0.25, 0.3) is 0 Å².